The molecule has 0 aromatic heterocycles. The fraction of sp³-hybridized carbons (Fsp3) is 0.345. The first-order valence-corrected chi connectivity index (χ1v) is 12.7. The van der Waals surface area contributed by atoms with E-state index >= 15 is 0 Å². The maximum absolute atomic E-state index is 13.4. The van der Waals surface area contributed by atoms with E-state index < -0.39 is 5.54 Å². The van der Waals surface area contributed by atoms with Crippen molar-refractivity contribution < 1.29 is 14.4 Å². The third-order valence-electron chi connectivity index (χ3n) is 7.65. The Kier molecular flexibility index (Phi) is 6.70. The Labute approximate surface area is 217 Å². The first-order chi connectivity index (χ1) is 17.7. The summed E-state index contributed by atoms with van der Waals surface area (Å²) in [6, 6.07) is 19.3. The largest absolute Gasteiger partial charge is 0.326 e. The average molecular weight is 500 g/mol. The van der Waals surface area contributed by atoms with Crippen LogP contribution in [0.3, 0.4) is 0 Å². The summed E-state index contributed by atoms with van der Waals surface area (Å²) < 4.78 is 0. The minimum atomic E-state index is -1.10. The summed E-state index contributed by atoms with van der Waals surface area (Å²) in [6.07, 6.45) is 0. The van der Waals surface area contributed by atoms with E-state index in [1.165, 1.54) is 4.90 Å². The molecule has 5 rings (SSSR count). The molecule has 3 aromatic carbocycles. The number of nitrogens with zero attached hydrogens (tertiary/aromatic N) is 3. The zero-order valence-corrected chi connectivity index (χ0v) is 21.6. The molecule has 0 aliphatic carbocycles. The number of benzene rings is 3. The Balaban J connectivity index is 1.17. The number of imide groups is 1. The molecule has 0 spiro atoms. The van der Waals surface area contributed by atoms with Crippen LogP contribution >= 0.6 is 0 Å². The van der Waals surface area contributed by atoms with Crippen LogP contribution in [0.4, 0.5) is 10.5 Å². The number of carbonyl (C=O) groups is 3. The van der Waals surface area contributed by atoms with E-state index in [9.17, 15) is 14.4 Å². The van der Waals surface area contributed by atoms with Gasteiger partial charge in [0.15, 0.2) is 0 Å². The molecular weight excluding hydrogens is 466 g/mol. The van der Waals surface area contributed by atoms with Crippen molar-refractivity contribution in [2.45, 2.75) is 26.3 Å². The number of nitrogens with one attached hydrogen (secondary N) is 2. The van der Waals surface area contributed by atoms with Crippen molar-refractivity contribution in [3.05, 3.63) is 77.4 Å². The summed E-state index contributed by atoms with van der Waals surface area (Å²) in [5, 5.41) is 8.04. The molecule has 37 heavy (non-hydrogen) atoms. The van der Waals surface area contributed by atoms with Gasteiger partial charge in [0.25, 0.3) is 5.91 Å². The molecule has 2 aliphatic heterocycles. The van der Waals surface area contributed by atoms with Gasteiger partial charge < -0.3 is 10.6 Å². The van der Waals surface area contributed by atoms with Crippen LogP contribution in [-0.4, -0.2) is 71.9 Å². The maximum atomic E-state index is 13.4. The van der Waals surface area contributed by atoms with Gasteiger partial charge in [-0.25, -0.2) is 9.69 Å². The molecule has 0 bridgehead atoms. The van der Waals surface area contributed by atoms with Crippen LogP contribution in [0.5, 0.6) is 0 Å². The Hall–Kier alpha value is -3.75. The van der Waals surface area contributed by atoms with E-state index in [2.05, 4.69) is 20.4 Å². The molecule has 0 saturated carbocycles. The van der Waals surface area contributed by atoms with Crippen molar-refractivity contribution in [2.24, 2.45) is 0 Å². The van der Waals surface area contributed by atoms with Crippen LogP contribution in [0.1, 0.15) is 23.6 Å². The number of anilines is 1. The van der Waals surface area contributed by atoms with Crippen LogP contribution in [-0.2, 0) is 15.1 Å². The van der Waals surface area contributed by atoms with Gasteiger partial charge in [-0.2, -0.15) is 0 Å². The summed E-state index contributed by atoms with van der Waals surface area (Å²) in [6.45, 7) is 9.05. The number of urea groups is 1. The lowest BCUT2D eigenvalue weighted by Crippen LogP contribution is -2.52. The van der Waals surface area contributed by atoms with Gasteiger partial charge in [-0.15, -0.1) is 0 Å². The van der Waals surface area contributed by atoms with Crippen LogP contribution in [0, 0.1) is 13.8 Å². The lowest BCUT2D eigenvalue weighted by atomic mass is 9.90. The van der Waals surface area contributed by atoms with Crippen LogP contribution in [0.15, 0.2) is 60.7 Å². The van der Waals surface area contributed by atoms with Gasteiger partial charge in [-0.3, -0.25) is 19.4 Å². The standard InChI is InChI=1S/C29H33N5O3/c1-20-7-6-10-25(21(20)2)30-26(35)18-32-13-15-33(16-14-32)19-34-27(36)29(3,31-28(34)37)24-12-11-22-8-4-5-9-23(22)17-24/h4-12,17H,13-16,18-19H2,1-3H3,(H,30,35)(H,31,37)/t29-/m1/s1. The molecule has 1 atom stereocenters. The van der Waals surface area contributed by atoms with Crippen molar-refractivity contribution >= 4 is 34.3 Å². The van der Waals surface area contributed by atoms with Gasteiger partial charge in [0.05, 0.1) is 13.2 Å². The van der Waals surface area contributed by atoms with E-state index in [0.29, 0.717) is 32.7 Å². The van der Waals surface area contributed by atoms with Gasteiger partial charge in [0.2, 0.25) is 5.91 Å². The summed E-state index contributed by atoms with van der Waals surface area (Å²) in [5.41, 5.74) is 2.73. The van der Waals surface area contributed by atoms with Crippen molar-refractivity contribution in [1.29, 1.82) is 0 Å². The highest BCUT2D eigenvalue weighted by Gasteiger charge is 2.49. The second kappa shape index (κ2) is 9.95. The van der Waals surface area contributed by atoms with Crippen LogP contribution in [0.2, 0.25) is 0 Å². The third kappa shape index (κ3) is 4.95. The molecule has 0 unspecified atom stereocenters. The second-order valence-electron chi connectivity index (χ2n) is 10.2. The smallest absolute Gasteiger partial charge is 0.325 e. The molecule has 3 aromatic rings. The highest BCUT2D eigenvalue weighted by molar-refractivity contribution is 6.07. The molecule has 2 saturated heterocycles. The van der Waals surface area contributed by atoms with Crippen LogP contribution in [0.25, 0.3) is 10.8 Å². The number of carbonyl (C=O) groups excluding carboxylic acids is 3. The fourth-order valence-electron chi connectivity index (χ4n) is 5.09. The summed E-state index contributed by atoms with van der Waals surface area (Å²) in [7, 11) is 0. The van der Waals surface area contributed by atoms with E-state index in [4.69, 9.17) is 0 Å². The Bertz CT molecular complexity index is 1360. The van der Waals surface area contributed by atoms with Gasteiger partial charge in [-0.1, -0.05) is 48.5 Å². The molecule has 4 amide bonds. The molecule has 2 fully saturated rings. The third-order valence-corrected chi connectivity index (χ3v) is 7.65. The van der Waals surface area contributed by atoms with Gasteiger partial charge >= 0.3 is 6.03 Å². The van der Waals surface area contributed by atoms with E-state index in [1.807, 2.05) is 74.5 Å². The maximum Gasteiger partial charge on any atom is 0.326 e. The monoisotopic (exact) mass is 499 g/mol. The normalized spacial score (nSPS) is 20.9. The number of piperazine rings is 1. The molecule has 2 N–H and O–H groups in total. The molecule has 8 nitrogen and oxygen atoms in total. The Morgan fingerprint density at radius 2 is 1.62 bits per heavy atom. The minimum Gasteiger partial charge on any atom is -0.325 e. The second-order valence-corrected chi connectivity index (χ2v) is 10.2. The predicted molar refractivity (Wildman–Crippen MR) is 144 cm³/mol. The lowest BCUT2D eigenvalue weighted by molar-refractivity contribution is -0.132. The number of rotatable bonds is 6. The number of hydrogen-bond donors (Lipinski definition) is 2. The lowest BCUT2D eigenvalue weighted by Gasteiger charge is -2.35. The van der Waals surface area contributed by atoms with Crippen molar-refractivity contribution in [1.82, 2.24) is 20.0 Å². The predicted octanol–water partition coefficient (Wildman–Crippen LogP) is 3.44. The summed E-state index contributed by atoms with van der Waals surface area (Å²) >= 11 is 0. The average Bonchev–Trinajstić information content (AvgIpc) is 3.11. The first kappa shape index (κ1) is 24.9. The quantitative estimate of drug-likeness (QED) is 0.508. The number of aryl methyl sites for hydroxylation is 1. The molecule has 192 valence electrons. The highest BCUT2D eigenvalue weighted by atomic mass is 16.2. The zero-order chi connectivity index (χ0) is 26.2. The highest BCUT2D eigenvalue weighted by Crippen LogP contribution is 2.31. The summed E-state index contributed by atoms with van der Waals surface area (Å²) in [4.78, 5) is 44.4. The van der Waals surface area contributed by atoms with Crippen molar-refractivity contribution in [3.63, 3.8) is 0 Å². The number of amides is 4. The molecule has 0 radical (unpaired) electrons. The molecule has 8 heteroatoms. The topological polar surface area (TPSA) is 85.0 Å². The van der Waals surface area contributed by atoms with E-state index in [1.54, 1.807) is 6.92 Å². The first-order valence-electron chi connectivity index (χ1n) is 12.7. The van der Waals surface area contributed by atoms with E-state index in [-0.39, 0.29) is 24.5 Å². The van der Waals surface area contributed by atoms with Crippen molar-refractivity contribution in [2.75, 3.05) is 44.7 Å². The molecule has 2 aliphatic rings. The Morgan fingerprint density at radius 3 is 2.38 bits per heavy atom. The minimum absolute atomic E-state index is 0.0394. The van der Waals surface area contributed by atoms with Crippen LogP contribution < -0.4 is 10.6 Å². The molecular formula is C29H33N5O3. The Morgan fingerprint density at radius 1 is 0.919 bits per heavy atom. The van der Waals surface area contributed by atoms with Gasteiger partial charge in [0, 0.05) is 31.9 Å². The SMILES string of the molecule is Cc1cccc(NC(=O)CN2CCN(CN3C(=O)N[C@](C)(c4ccc5ccccc5c4)C3=O)CC2)c1C. The van der Waals surface area contributed by atoms with Crippen molar-refractivity contribution in [3.8, 4) is 0 Å². The molecule has 2 heterocycles. The van der Waals surface area contributed by atoms with Gasteiger partial charge in [0.1, 0.15) is 5.54 Å². The van der Waals surface area contributed by atoms with Gasteiger partial charge in [-0.05, 0) is 60.4 Å². The summed E-state index contributed by atoms with van der Waals surface area (Å²) in [5.74, 6) is -0.287. The zero-order valence-electron chi connectivity index (χ0n) is 21.6. The fourth-order valence-corrected chi connectivity index (χ4v) is 5.09. The number of fused-ring (bicyclic) bond motifs is 1. The number of hydrogen-bond acceptors (Lipinski definition) is 5. The van der Waals surface area contributed by atoms with E-state index in [0.717, 1.165) is 33.2 Å².